The Morgan fingerprint density at radius 1 is 1.23 bits per heavy atom. The van der Waals surface area contributed by atoms with Crippen molar-refractivity contribution >= 4 is 23.4 Å². The third-order valence-electron chi connectivity index (χ3n) is 2.95. The average molecular weight is 329 g/mol. The van der Waals surface area contributed by atoms with Crippen LogP contribution in [0, 0.1) is 0 Å². The van der Waals surface area contributed by atoms with Crippen LogP contribution < -0.4 is 0 Å². The topological polar surface area (TPSA) is 43.6 Å². The fourth-order valence-electron chi connectivity index (χ4n) is 2.03. The summed E-state index contributed by atoms with van der Waals surface area (Å²) in [6.45, 7) is 3.75. The van der Waals surface area contributed by atoms with Gasteiger partial charge < -0.3 is 0 Å². The molecular weight excluding hydrogens is 316 g/mol. The van der Waals surface area contributed by atoms with Crippen molar-refractivity contribution in [3.8, 4) is 17.1 Å². The molecule has 0 spiro atoms. The number of aromatic nitrogens is 4. The predicted molar refractivity (Wildman–Crippen MR) is 90.5 cm³/mol. The summed E-state index contributed by atoms with van der Waals surface area (Å²) in [5.41, 5.74) is 1.82. The molecule has 0 atom stereocenters. The van der Waals surface area contributed by atoms with Crippen LogP contribution in [-0.4, -0.2) is 25.5 Å². The summed E-state index contributed by atoms with van der Waals surface area (Å²) in [6, 6.07) is 11.5. The van der Waals surface area contributed by atoms with Gasteiger partial charge in [-0.2, -0.15) is 0 Å². The summed E-state index contributed by atoms with van der Waals surface area (Å²) in [5, 5.41) is 10.1. The van der Waals surface area contributed by atoms with E-state index in [1.165, 1.54) is 0 Å². The minimum Gasteiger partial charge on any atom is -0.270 e. The van der Waals surface area contributed by atoms with Crippen LogP contribution in [0.15, 0.2) is 66.6 Å². The number of rotatable bonds is 5. The zero-order valence-electron chi connectivity index (χ0n) is 11.7. The lowest BCUT2D eigenvalue weighted by Gasteiger charge is -2.10. The standard InChI is InChI=1S/C16H13ClN4S/c1-2-9-22-16-20-19-15(12-5-4-8-18-11-12)21(16)14-7-3-6-13(17)10-14/h2-8,10-11H,1,9H2. The summed E-state index contributed by atoms with van der Waals surface area (Å²) < 4.78 is 1.98. The lowest BCUT2D eigenvalue weighted by atomic mass is 10.2. The van der Waals surface area contributed by atoms with Gasteiger partial charge in [0.15, 0.2) is 11.0 Å². The van der Waals surface area contributed by atoms with Crippen molar-refractivity contribution in [3.05, 3.63) is 66.5 Å². The van der Waals surface area contributed by atoms with Gasteiger partial charge in [-0.3, -0.25) is 9.55 Å². The molecule has 6 heteroatoms. The molecule has 0 saturated heterocycles. The molecule has 0 N–H and O–H groups in total. The molecule has 0 radical (unpaired) electrons. The highest BCUT2D eigenvalue weighted by molar-refractivity contribution is 7.99. The summed E-state index contributed by atoms with van der Waals surface area (Å²) in [4.78, 5) is 4.15. The van der Waals surface area contributed by atoms with E-state index in [4.69, 9.17) is 11.6 Å². The smallest absolute Gasteiger partial charge is 0.196 e. The molecule has 110 valence electrons. The number of nitrogens with zero attached hydrogens (tertiary/aromatic N) is 4. The molecule has 0 aliphatic carbocycles. The van der Waals surface area contributed by atoms with Crippen LogP contribution in [0.1, 0.15) is 0 Å². The lowest BCUT2D eigenvalue weighted by molar-refractivity contribution is 0.887. The van der Waals surface area contributed by atoms with Gasteiger partial charge in [0.1, 0.15) is 0 Å². The Hall–Kier alpha value is -2.11. The van der Waals surface area contributed by atoms with Crippen molar-refractivity contribution in [1.29, 1.82) is 0 Å². The second-order valence-corrected chi connectivity index (χ2v) is 5.89. The summed E-state index contributed by atoms with van der Waals surface area (Å²) in [5.74, 6) is 1.49. The highest BCUT2D eigenvalue weighted by atomic mass is 35.5. The number of pyridine rings is 1. The van der Waals surface area contributed by atoms with Crippen molar-refractivity contribution in [2.45, 2.75) is 5.16 Å². The van der Waals surface area contributed by atoms with Crippen molar-refractivity contribution in [3.63, 3.8) is 0 Å². The Bertz CT molecular complexity index is 786. The molecule has 2 heterocycles. The summed E-state index contributed by atoms with van der Waals surface area (Å²) >= 11 is 7.70. The molecule has 3 aromatic rings. The third-order valence-corrected chi connectivity index (χ3v) is 4.11. The maximum atomic E-state index is 6.13. The average Bonchev–Trinajstić information content (AvgIpc) is 2.97. The van der Waals surface area contributed by atoms with E-state index in [1.54, 1.807) is 24.2 Å². The van der Waals surface area contributed by atoms with Crippen LogP contribution in [0.4, 0.5) is 0 Å². The van der Waals surface area contributed by atoms with E-state index in [0.717, 1.165) is 28.0 Å². The minimum absolute atomic E-state index is 0.669. The molecule has 22 heavy (non-hydrogen) atoms. The Labute approximate surface area is 137 Å². The van der Waals surface area contributed by atoms with Crippen LogP contribution in [0.25, 0.3) is 17.1 Å². The van der Waals surface area contributed by atoms with E-state index >= 15 is 0 Å². The predicted octanol–water partition coefficient (Wildman–Crippen LogP) is 4.26. The van der Waals surface area contributed by atoms with Crippen LogP contribution in [-0.2, 0) is 0 Å². The van der Waals surface area contributed by atoms with Crippen LogP contribution in [0.5, 0.6) is 0 Å². The minimum atomic E-state index is 0.669. The van der Waals surface area contributed by atoms with E-state index in [1.807, 2.05) is 47.0 Å². The number of hydrogen-bond acceptors (Lipinski definition) is 4. The highest BCUT2D eigenvalue weighted by Gasteiger charge is 2.16. The Kier molecular flexibility index (Phi) is 4.56. The van der Waals surface area contributed by atoms with Crippen molar-refractivity contribution < 1.29 is 0 Å². The first-order chi connectivity index (χ1) is 10.8. The summed E-state index contributed by atoms with van der Waals surface area (Å²) in [6.07, 6.45) is 5.34. The fraction of sp³-hybridized carbons (Fsp3) is 0.0625. The molecule has 0 fully saturated rings. The van der Waals surface area contributed by atoms with Gasteiger partial charge in [-0.25, -0.2) is 0 Å². The largest absolute Gasteiger partial charge is 0.270 e. The SMILES string of the molecule is C=CCSc1nnc(-c2cccnc2)n1-c1cccc(Cl)c1. The molecule has 0 saturated carbocycles. The molecule has 0 unspecified atom stereocenters. The van der Waals surface area contributed by atoms with Crippen LogP contribution in [0.2, 0.25) is 5.02 Å². The number of benzene rings is 1. The first-order valence-corrected chi connectivity index (χ1v) is 8.01. The third kappa shape index (κ3) is 3.05. The molecule has 0 aliphatic heterocycles. The zero-order chi connectivity index (χ0) is 15.4. The number of halogens is 1. The van der Waals surface area contributed by atoms with Crippen LogP contribution >= 0.6 is 23.4 Å². The molecule has 1 aromatic carbocycles. The summed E-state index contributed by atoms with van der Waals surface area (Å²) in [7, 11) is 0. The Morgan fingerprint density at radius 3 is 2.86 bits per heavy atom. The molecule has 0 amide bonds. The second kappa shape index (κ2) is 6.77. The zero-order valence-corrected chi connectivity index (χ0v) is 13.3. The van der Waals surface area contributed by atoms with E-state index in [2.05, 4.69) is 21.8 Å². The highest BCUT2D eigenvalue weighted by Crippen LogP contribution is 2.28. The van der Waals surface area contributed by atoms with Crippen molar-refractivity contribution in [2.75, 3.05) is 5.75 Å². The van der Waals surface area contributed by atoms with E-state index in [9.17, 15) is 0 Å². The van der Waals surface area contributed by atoms with Gasteiger partial charge in [0.05, 0.1) is 5.69 Å². The van der Waals surface area contributed by atoms with Gasteiger partial charge in [-0.15, -0.1) is 16.8 Å². The van der Waals surface area contributed by atoms with E-state index < -0.39 is 0 Å². The van der Waals surface area contributed by atoms with Gasteiger partial charge in [0.2, 0.25) is 0 Å². The van der Waals surface area contributed by atoms with Gasteiger partial charge in [-0.05, 0) is 30.3 Å². The molecule has 0 bridgehead atoms. The van der Waals surface area contributed by atoms with Crippen molar-refractivity contribution in [2.24, 2.45) is 0 Å². The number of thioether (sulfide) groups is 1. The van der Waals surface area contributed by atoms with E-state index in [0.29, 0.717) is 5.02 Å². The normalized spacial score (nSPS) is 10.6. The van der Waals surface area contributed by atoms with Gasteiger partial charge >= 0.3 is 0 Å². The monoisotopic (exact) mass is 328 g/mol. The Morgan fingerprint density at radius 2 is 2.14 bits per heavy atom. The first kappa shape index (κ1) is 14.8. The molecular formula is C16H13ClN4S. The number of hydrogen-bond donors (Lipinski definition) is 0. The molecule has 2 aromatic heterocycles. The first-order valence-electron chi connectivity index (χ1n) is 6.65. The van der Waals surface area contributed by atoms with Crippen LogP contribution in [0.3, 0.4) is 0 Å². The van der Waals surface area contributed by atoms with E-state index in [-0.39, 0.29) is 0 Å². The maximum absolute atomic E-state index is 6.13. The van der Waals surface area contributed by atoms with Gasteiger partial charge in [0, 0.05) is 28.7 Å². The quantitative estimate of drug-likeness (QED) is 0.518. The lowest BCUT2D eigenvalue weighted by Crippen LogP contribution is -2.00. The molecule has 4 nitrogen and oxygen atoms in total. The molecule has 0 aliphatic rings. The van der Waals surface area contributed by atoms with Crippen molar-refractivity contribution in [1.82, 2.24) is 19.7 Å². The van der Waals surface area contributed by atoms with Gasteiger partial charge in [-0.1, -0.05) is 35.5 Å². The fourth-order valence-corrected chi connectivity index (χ4v) is 2.90. The van der Waals surface area contributed by atoms with Gasteiger partial charge in [0.25, 0.3) is 0 Å². The maximum Gasteiger partial charge on any atom is 0.196 e. The molecule has 3 rings (SSSR count). The Balaban J connectivity index is 2.15. The second-order valence-electron chi connectivity index (χ2n) is 4.46.